The first-order valence-corrected chi connectivity index (χ1v) is 6.42. The molecule has 1 atom stereocenters. The van der Waals surface area contributed by atoms with Crippen LogP contribution in [-0.4, -0.2) is 35.1 Å². The zero-order valence-corrected chi connectivity index (χ0v) is 11.3. The second-order valence-corrected chi connectivity index (χ2v) is 4.60. The summed E-state index contributed by atoms with van der Waals surface area (Å²) in [6.07, 6.45) is 0.940. The zero-order valence-electron chi connectivity index (χ0n) is 11.3. The van der Waals surface area contributed by atoms with E-state index in [4.69, 9.17) is 0 Å². The molecule has 1 aliphatic heterocycles. The number of nitrogens with zero attached hydrogens (tertiary/aromatic N) is 1. The molecule has 1 aromatic rings. The summed E-state index contributed by atoms with van der Waals surface area (Å²) in [5.41, 5.74) is -0.0126. The molecule has 1 aromatic carbocycles. The fourth-order valence-corrected chi connectivity index (χ4v) is 2.32. The van der Waals surface area contributed by atoms with E-state index in [1.165, 1.54) is 6.07 Å². The predicted octanol–water partition coefficient (Wildman–Crippen LogP) is 0.863. The Hall–Kier alpha value is -2.57. The summed E-state index contributed by atoms with van der Waals surface area (Å²) in [7, 11) is 0. The Labute approximate surface area is 119 Å². The van der Waals surface area contributed by atoms with Gasteiger partial charge >= 0.3 is 0 Å². The smallest absolute Gasteiger partial charge is 0.262 e. The molecule has 7 heteroatoms. The average molecular weight is 292 g/mol. The molecule has 1 N–H and O–H groups in total. The van der Waals surface area contributed by atoms with Gasteiger partial charge in [0.2, 0.25) is 12.3 Å². The predicted molar refractivity (Wildman–Crippen MR) is 69.8 cm³/mol. The molecule has 1 heterocycles. The highest BCUT2D eigenvalue weighted by atomic mass is 19.1. The van der Waals surface area contributed by atoms with Crippen LogP contribution in [0.4, 0.5) is 4.39 Å². The summed E-state index contributed by atoms with van der Waals surface area (Å²) < 4.78 is 13.2. The van der Waals surface area contributed by atoms with Gasteiger partial charge in [0.25, 0.3) is 11.8 Å². The van der Waals surface area contributed by atoms with Crippen molar-refractivity contribution in [3.05, 3.63) is 35.1 Å². The first-order chi connectivity index (χ1) is 10.0. The second kappa shape index (κ2) is 5.82. The van der Waals surface area contributed by atoms with E-state index >= 15 is 0 Å². The van der Waals surface area contributed by atoms with E-state index in [1.807, 2.05) is 5.32 Å². The van der Waals surface area contributed by atoms with Crippen molar-refractivity contribution >= 4 is 24.1 Å². The third kappa shape index (κ3) is 2.54. The molecule has 6 nitrogen and oxygen atoms in total. The second-order valence-electron chi connectivity index (χ2n) is 4.60. The summed E-state index contributed by atoms with van der Waals surface area (Å²) in [6.45, 7) is 1.78. The van der Waals surface area contributed by atoms with Gasteiger partial charge in [-0.15, -0.1) is 0 Å². The number of carbonyl (C=O) groups excluding carboxylic acids is 4. The van der Waals surface area contributed by atoms with Crippen LogP contribution in [0.1, 0.15) is 40.5 Å². The van der Waals surface area contributed by atoms with Crippen LogP contribution in [0.2, 0.25) is 0 Å². The van der Waals surface area contributed by atoms with Crippen molar-refractivity contribution in [1.29, 1.82) is 0 Å². The Kier molecular flexibility index (Phi) is 4.11. The van der Waals surface area contributed by atoms with Crippen molar-refractivity contribution in [1.82, 2.24) is 10.2 Å². The Balaban J connectivity index is 2.40. The molecule has 0 saturated carbocycles. The summed E-state index contributed by atoms with van der Waals surface area (Å²) in [5, 5.41) is 1.95. The largest absolute Gasteiger partial charge is 0.297 e. The normalized spacial score (nSPS) is 14.9. The topological polar surface area (TPSA) is 83.6 Å². The molecule has 0 spiro atoms. The number of hydrogen-bond donors (Lipinski definition) is 1. The summed E-state index contributed by atoms with van der Waals surface area (Å²) >= 11 is 0. The van der Waals surface area contributed by atoms with Crippen LogP contribution in [0.5, 0.6) is 0 Å². The first-order valence-electron chi connectivity index (χ1n) is 6.42. The van der Waals surface area contributed by atoms with E-state index in [0.29, 0.717) is 6.42 Å². The van der Waals surface area contributed by atoms with Crippen LogP contribution in [-0.2, 0) is 9.59 Å². The lowest BCUT2D eigenvalue weighted by atomic mass is 10.1. The highest BCUT2D eigenvalue weighted by Crippen LogP contribution is 2.26. The van der Waals surface area contributed by atoms with Crippen LogP contribution < -0.4 is 5.32 Å². The van der Waals surface area contributed by atoms with Gasteiger partial charge in [-0.1, -0.05) is 13.3 Å². The Morgan fingerprint density at radius 2 is 2.00 bits per heavy atom. The number of imide groups is 2. The number of nitrogens with one attached hydrogen (secondary N) is 1. The quantitative estimate of drug-likeness (QED) is 0.644. The van der Waals surface area contributed by atoms with Crippen LogP contribution in [0, 0.1) is 5.82 Å². The summed E-state index contributed by atoms with van der Waals surface area (Å²) in [5.74, 6) is -2.76. The number of amides is 4. The molecule has 110 valence electrons. The van der Waals surface area contributed by atoms with Gasteiger partial charge in [-0.2, -0.15) is 0 Å². The minimum Gasteiger partial charge on any atom is -0.297 e. The Morgan fingerprint density at radius 1 is 1.33 bits per heavy atom. The zero-order chi connectivity index (χ0) is 15.6. The van der Waals surface area contributed by atoms with Crippen molar-refractivity contribution in [3.63, 3.8) is 0 Å². The maximum atomic E-state index is 13.2. The minimum absolute atomic E-state index is 0.0569. The first kappa shape index (κ1) is 14.8. The highest BCUT2D eigenvalue weighted by molar-refractivity contribution is 6.23. The molecule has 1 aliphatic rings. The van der Waals surface area contributed by atoms with Gasteiger partial charge in [-0.3, -0.25) is 29.4 Å². The lowest BCUT2D eigenvalue weighted by molar-refractivity contribution is -0.128. The molecule has 0 aliphatic carbocycles. The lowest BCUT2D eigenvalue weighted by Gasteiger charge is -2.23. The van der Waals surface area contributed by atoms with E-state index in [0.717, 1.165) is 17.0 Å². The number of hydrogen-bond acceptors (Lipinski definition) is 4. The number of carbonyl (C=O) groups is 4. The molecule has 0 fully saturated rings. The SMILES string of the molecule is CCCC(C(=O)NC=O)N1C(=O)c2ccc(F)cc2C1=O. The summed E-state index contributed by atoms with van der Waals surface area (Å²) in [4.78, 5) is 47.6. The minimum atomic E-state index is -1.09. The molecule has 0 radical (unpaired) electrons. The molecule has 2 rings (SSSR count). The van der Waals surface area contributed by atoms with Crippen molar-refractivity contribution < 1.29 is 23.6 Å². The maximum Gasteiger partial charge on any atom is 0.262 e. The third-order valence-electron chi connectivity index (χ3n) is 3.26. The van der Waals surface area contributed by atoms with Gasteiger partial charge in [-0.25, -0.2) is 4.39 Å². The van der Waals surface area contributed by atoms with Crippen LogP contribution in [0.25, 0.3) is 0 Å². The number of benzene rings is 1. The van der Waals surface area contributed by atoms with Crippen molar-refractivity contribution in [2.24, 2.45) is 0 Å². The highest BCUT2D eigenvalue weighted by Gasteiger charge is 2.42. The Morgan fingerprint density at radius 3 is 2.62 bits per heavy atom. The Bertz CT molecular complexity index is 629. The van der Waals surface area contributed by atoms with Crippen molar-refractivity contribution in [2.45, 2.75) is 25.8 Å². The lowest BCUT2D eigenvalue weighted by Crippen LogP contribution is -2.49. The van der Waals surface area contributed by atoms with E-state index in [2.05, 4.69) is 0 Å². The standard InChI is InChI=1S/C14H13FN2O4/c1-2-3-11(12(19)16-7-18)17-13(20)9-5-4-8(15)6-10(9)14(17)21/h4-7,11H,2-3H2,1H3,(H,16,18,19). The van der Waals surface area contributed by atoms with Gasteiger partial charge < -0.3 is 0 Å². The number of halogens is 1. The van der Waals surface area contributed by atoms with Gasteiger partial charge in [0, 0.05) is 0 Å². The molecule has 0 aromatic heterocycles. The average Bonchev–Trinajstić information content (AvgIpc) is 2.68. The maximum absolute atomic E-state index is 13.2. The number of fused-ring (bicyclic) bond motifs is 1. The van der Waals surface area contributed by atoms with E-state index < -0.39 is 29.6 Å². The van der Waals surface area contributed by atoms with Crippen LogP contribution in [0.3, 0.4) is 0 Å². The molecule has 0 bridgehead atoms. The van der Waals surface area contributed by atoms with Gasteiger partial charge in [0.15, 0.2) is 0 Å². The van der Waals surface area contributed by atoms with Crippen LogP contribution in [0.15, 0.2) is 18.2 Å². The molecule has 1 unspecified atom stereocenters. The van der Waals surface area contributed by atoms with E-state index in [-0.39, 0.29) is 24.0 Å². The van der Waals surface area contributed by atoms with Crippen LogP contribution >= 0.6 is 0 Å². The number of rotatable bonds is 5. The van der Waals surface area contributed by atoms with E-state index in [9.17, 15) is 23.6 Å². The van der Waals surface area contributed by atoms with E-state index in [1.54, 1.807) is 6.92 Å². The molecular weight excluding hydrogens is 279 g/mol. The fourth-order valence-electron chi connectivity index (χ4n) is 2.32. The summed E-state index contributed by atoms with van der Waals surface area (Å²) in [6, 6.07) is 2.17. The van der Waals surface area contributed by atoms with Crippen molar-refractivity contribution in [3.8, 4) is 0 Å². The molecule has 21 heavy (non-hydrogen) atoms. The molecule has 0 saturated heterocycles. The third-order valence-corrected chi connectivity index (χ3v) is 3.26. The fraction of sp³-hybridized carbons (Fsp3) is 0.286. The van der Waals surface area contributed by atoms with Crippen molar-refractivity contribution in [2.75, 3.05) is 0 Å². The molecule has 4 amide bonds. The van der Waals surface area contributed by atoms with Gasteiger partial charge in [0.1, 0.15) is 11.9 Å². The molecular formula is C14H13FN2O4. The monoisotopic (exact) mass is 292 g/mol. The van der Waals surface area contributed by atoms with Gasteiger partial charge in [-0.05, 0) is 24.6 Å². The van der Waals surface area contributed by atoms with Gasteiger partial charge in [0.05, 0.1) is 11.1 Å².